The third kappa shape index (κ3) is 6.76. The molecule has 4 aliphatic heterocycles. The molecule has 0 amide bonds. The number of rotatable bonds is 10. The Kier molecular flexibility index (Phi) is 11.0. The summed E-state index contributed by atoms with van der Waals surface area (Å²) in [7, 11) is -2.71. The van der Waals surface area contributed by atoms with Crippen molar-refractivity contribution in [2.75, 3.05) is 6.61 Å². The van der Waals surface area contributed by atoms with Gasteiger partial charge in [-0.25, -0.2) is 0 Å². The lowest BCUT2D eigenvalue weighted by molar-refractivity contribution is -0.401. The van der Waals surface area contributed by atoms with Crippen molar-refractivity contribution in [2.24, 2.45) is 23.7 Å². The molecule has 6 rings (SSSR count). The molecule has 0 saturated carbocycles. The molecule has 2 spiro atoms. The van der Waals surface area contributed by atoms with Crippen LogP contribution in [0.4, 0.5) is 0 Å². The third-order valence-electron chi connectivity index (χ3n) is 13.5. The third-order valence-corrected chi connectivity index (χ3v) is 18.5. The maximum Gasteiger partial charge on any atom is 0.261 e. The second-order valence-corrected chi connectivity index (χ2v) is 22.1. The van der Waals surface area contributed by atoms with E-state index >= 15 is 0 Å². The van der Waals surface area contributed by atoms with Crippen molar-refractivity contribution in [3.05, 3.63) is 72.8 Å². The summed E-state index contributed by atoms with van der Waals surface area (Å²) >= 11 is 0. The molecule has 3 saturated heterocycles. The Hall–Kier alpha value is -1.84. The Morgan fingerprint density at radius 2 is 1.55 bits per heavy atom. The van der Waals surface area contributed by atoms with Crippen LogP contribution in [-0.4, -0.2) is 61.1 Å². The van der Waals surface area contributed by atoms with Gasteiger partial charge in [0.1, 0.15) is 0 Å². The molecule has 0 aromatic heterocycles. The van der Waals surface area contributed by atoms with Crippen LogP contribution in [0.15, 0.2) is 72.8 Å². The fourth-order valence-electron chi connectivity index (χ4n) is 10.1. The van der Waals surface area contributed by atoms with Crippen LogP contribution in [0.2, 0.25) is 5.04 Å². The van der Waals surface area contributed by atoms with Gasteiger partial charge in [0, 0.05) is 30.8 Å². The predicted octanol–water partition coefficient (Wildman–Crippen LogP) is 8.54. The summed E-state index contributed by atoms with van der Waals surface area (Å²) in [5, 5.41) is 13.0. The SMILES string of the molecule is CC[C@@H](CO[Si](c1ccccc1)(c1ccccc1)C(C)(C)C)[C@H]1O[C@@]2(C=CC[C@]3(O[C@@](CC)([C@@H]4CC[C@@](C)([C@@H](C)O)O4)C[C@H]3C)O2)[C@H](C)C[C@@H]1C. The molecule has 4 aliphatic rings. The first-order chi connectivity index (χ1) is 24.1. The van der Waals surface area contributed by atoms with Crippen molar-refractivity contribution < 1.29 is 28.5 Å². The van der Waals surface area contributed by atoms with E-state index in [1.165, 1.54) is 10.4 Å². The van der Waals surface area contributed by atoms with E-state index in [9.17, 15) is 5.11 Å². The quantitative estimate of drug-likeness (QED) is 0.196. The van der Waals surface area contributed by atoms with Gasteiger partial charge < -0.3 is 28.5 Å². The lowest BCUT2D eigenvalue weighted by Crippen LogP contribution is -2.67. The molecule has 7 heteroatoms. The minimum Gasteiger partial charge on any atom is -0.407 e. The first-order valence-electron chi connectivity index (χ1n) is 20.0. The van der Waals surface area contributed by atoms with E-state index in [-0.39, 0.29) is 35.0 Å². The fraction of sp³-hybridized carbons (Fsp3) is 0.682. The first kappa shape index (κ1) is 38.9. The van der Waals surface area contributed by atoms with Crippen molar-refractivity contribution in [3.8, 4) is 0 Å². The summed E-state index contributed by atoms with van der Waals surface area (Å²) in [6.45, 7) is 22.9. The summed E-state index contributed by atoms with van der Waals surface area (Å²) in [4.78, 5) is 0. The predicted molar refractivity (Wildman–Crippen MR) is 208 cm³/mol. The molecule has 0 bridgehead atoms. The number of aliphatic hydroxyl groups excluding tert-OH is 1. The molecule has 51 heavy (non-hydrogen) atoms. The van der Waals surface area contributed by atoms with Crippen LogP contribution in [0, 0.1) is 23.7 Å². The smallest absolute Gasteiger partial charge is 0.261 e. The molecule has 6 nitrogen and oxygen atoms in total. The molecule has 282 valence electrons. The molecule has 0 aliphatic carbocycles. The van der Waals surface area contributed by atoms with Crippen LogP contribution in [0.3, 0.4) is 0 Å². The summed E-state index contributed by atoms with van der Waals surface area (Å²) in [6.07, 6.45) is 9.77. The zero-order valence-electron chi connectivity index (χ0n) is 33.1. The van der Waals surface area contributed by atoms with Crippen LogP contribution < -0.4 is 10.4 Å². The van der Waals surface area contributed by atoms with Gasteiger partial charge in [-0.3, -0.25) is 0 Å². The van der Waals surface area contributed by atoms with E-state index in [2.05, 4.69) is 128 Å². The highest BCUT2D eigenvalue weighted by Gasteiger charge is 2.64. The van der Waals surface area contributed by atoms with Gasteiger partial charge in [0.15, 0.2) is 11.6 Å². The molecule has 2 aromatic rings. The second kappa shape index (κ2) is 14.4. The molecule has 4 heterocycles. The Bertz CT molecular complexity index is 1450. The Balaban J connectivity index is 1.27. The average molecular weight is 719 g/mol. The normalized spacial score (nSPS) is 38.4. The van der Waals surface area contributed by atoms with Crippen molar-refractivity contribution in [3.63, 3.8) is 0 Å². The van der Waals surface area contributed by atoms with E-state index in [1.807, 2.05) is 13.8 Å². The molecule has 0 radical (unpaired) electrons. The van der Waals surface area contributed by atoms with E-state index in [0.717, 1.165) is 38.5 Å². The largest absolute Gasteiger partial charge is 0.407 e. The summed E-state index contributed by atoms with van der Waals surface area (Å²) in [5.41, 5.74) is -1.03. The number of ether oxygens (including phenoxy) is 4. The van der Waals surface area contributed by atoms with Crippen LogP contribution in [0.1, 0.15) is 114 Å². The molecular weight excluding hydrogens is 653 g/mol. The van der Waals surface area contributed by atoms with Crippen LogP contribution in [0.25, 0.3) is 0 Å². The average Bonchev–Trinajstić information content (AvgIpc) is 3.64. The minimum atomic E-state index is -2.71. The topological polar surface area (TPSA) is 66.4 Å². The summed E-state index contributed by atoms with van der Waals surface area (Å²) in [5.74, 6) is -0.859. The number of hydrogen-bond acceptors (Lipinski definition) is 6. The first-order valence-corrected chi connectivity index (χ1v) is 21.9. The van der Waals surface area contributed by atoms with E-state index in [1.54, 1.807) is 0 Å². The van der Waals surface area contributed by atoms with Gasteiger partial charge >= 0.3 is 0 Å². The van der Waals surface area contributed by atoms with E-state index in [0.29, 0.717) is 18.9 Å². The molecule has 3 fully saturated rings. The van der Waals surface area contributed by atoms with Crippen molar-refractivity contribution in [2.45, 2.75) is 160 Å². The van der Waals surface area contributed by atoms with Crippen molar-refractivity contribution in [1.82, 2.24) is 0 Å². The molecule has 11 atom stereocenters. The lowest BCUT2D eigenvalue weighted by atomic mass is 9.77. The van der Waals surface area contributed by atoms with Gasteiger partial charge in [-0.1, -0.05) is 122 Å². The second-order valence-electron chi connectivity index (χ2n) is 17.8. The van der Waals surface area contributed by atoms with E-state index < -0.39 is 37.2 Å². The van der Waals surface area contributed by atoms with Gasteiger partial charge in [-0.15, -0.1) is 0 Å². The molecular formula is C44H66O6Si. The molecule has 1 N–H and O–H groups in total. The minimum absolute atomic E-state index is 0.0400. The lowest BCUT2D eigenvalue weighted by Gasteiger charge is -2.54. The Labute approximate surface area is 309 Å². The monoisotopic (exact) mass is 718 g/mol. The Morgan fingerprint density at radius 3 is 2.08 bits per heavy atom. The highest BCUT2D eigenvalue weighted by Crippen LogP contribution is 2.57. The Morgan fingerprint density at radius 1 is 0.922 bits per heavy atom. The zero-order valence-corrected chi connectivity index (χ0v) is 34.1. The van der Waals surface area contributed by atoms with Crippen molar-refractivity contribution >= 4 is 18.7 Å². The fourth-order valence-corrected chi connectivity index (χ4v) is 14.7. The highest BCUT2D eigenvalue weighted by molar-refractivity contribution is 6.99. The molecule has 2 aromatic carbocycles. The van der Waals surface area contributed by atoms with Gasteiger partial charge in [-0.05, 0) is 79.8 Å². The van der Waals surface area contributed by atoms with Gasteiger partial charge in [0.2, 0.25) is 0 Å². The standard InChI is InChI=1S/C44H66O6Si/c1-11-35(30-46-51(40(7,8)9,36-20-15-13-16-21-36)37-22-17-14-18-23-37)39-31(3)28-32(4)43(48-39)25-19-26-44(50-43)33(5)29-42(12-2,49-44)38-24-27-41(10,47-38)34(6)45/h13-23,25,31-35,38-39,45H,11-12,24,26-30H2,1-10H3/t31-,32+,33+,34+,35-,38-,39-,41-,42+,43+,44-/m0/s1. The van der Waals surface area contributed by atoms with Crippen molar-refractivity contribution in [1.29, 1.82) is 0 Å². The summed E-state index contributed by atoms with van der Waals surface area (Å²) < 4.78 is 36.1. The van der Waals surface area contributed by atoms with Gasteiger partial charge in [0.05, 0.1) is 29.5 Å². The van der Waals surface area contributed by atoms with Crippen LogP contribution in [-0.2, 0) is 23.4 Å². The zero-order chi connectivity index (χ0) is 36.9. The highest BCUT2D eigenvalue weighted by atomic mass is 28.4. The van der Waals surface area contributed by atoms with Crippen LogP contribution >= 0.6 is 0 Å². The number of hydrogen-bond donors (Lipinski definition) is 1. The maximum absolute atomic E-state index is 10.5. The van der Waals surface area contributed by atoms with Gasteiger partial charge in [0.25, 0.3) is 8.32 Å². The van der Waals surface area contributed by atoms with E-state index in [4.69, 9.17) is 23.4 Å². The van der Waals surface area contributed by atoms with Gasteiger partial charge in [-0.2, -0.15) is 0 Å². The maximum atomic E-state index is 10.5. The molecule has 0 unspecified atom stereocenters. The number of aliphatic hydroxyl groups is 1. The number of benzene rings is 2. The van der Waals surface area contributed by atoms with Crippen LogP contribution in [0.5, 0.6) is 0 Å². The summed E-state index contributed by atoms with van der Waals surface area (Å²) in [6, 6.07) is 21.9.